The number of aromatic nitrogens is 2. The Balaban J connectivity index is 1.54. The number of hydrogen-bond donors (Lipinski definition) is 0. The summed E-state index contributed by atoms with van der Waals surface area (Å²) in [6.07, 6.45) is 0.942. The molecule has 22 heavy (non-hydrogen) atoms. The van der Waals surface area contributed by atoms with Crippen LogP contribution in [0.2, 0.25) is 0 Å². The van der Waals surface area contributed by atoms with Gasteiger partial charge < -0.3 is 9.15 Å². The third-order valence-corrected chi connectivity index (χ3v) is 4.02. The van der Waals surface area contributed by atoms with Crippen molar-refractivity contribution in [1.82, 2.24) is 10.2 Å². The molecular formula is C17H16N2O2S. The van der Waals surface area contributed by atoms with Crippen molar-refractivity contribution in [2.75, 3.05) is 12.9 Å². The molecule has 0 aliphatic rings. The van der Waals surface area contributed by atoms with Crippen molar-refractivity contribution in [2.45, 2.75) is 11.6 Å². The number of methoxy groups -OCH3 is 1. The van der Waals surface area contributed by atoms with Crippen molar-refractivity contribution in [2.24, 2.45) is 0 Å². The van der Waals surface area contributed by atoms with Crippen molar-refractivity contribution in [3.05, 3.63) is 60.2 Å². The largest absolute Gasteiger partial charge is 0.497 e. The Morgan fingerprint density at radius 3 is 2.50 bits per heavy atom. The van der Waals surface area contributed by atoms with E-state index in [9.17, 15) is 0 Å². The Kier molecular flexibility index (Phi) is 4.75. The van der Waals surface area contributed by atoms with Crippen molar-refractivity contribution >= 4 is 11.8 Å². The highest BCUT2D eigenvalue weighted by molar-refractivity contribution is 7.99. The van der Waals surface area contributed by atoms with Crippen LogP contribution in [0.1, 0.15) is 5.56 Å². The van der Waals surface area contributed by atoms with Crippen LogP contribution in [-0.4, -0.2) is 23.1 Å². The maximum absolute atomic E-state index is 5.66. The topological polar surface area (TPSA) is 48.2 Å². The highest BCUT2D eigenvalue weighted by Crippen LogP contribution is 2.23. The summed E-state index contributed by atoms with van der Waals surface area (Å²) in [5.41, 5.74) is 2.20. The van der Waals surface area contributed by atoms with Gasteiger partial charge in [-0.3, -0.25) is 0 Å². The normalized spacial score (nSPS) is 10.6. The van der Waals surface area contributed by atoms with Crippen LogP contribution in [0.3, 0.4) is 0 Å². The fraction of sp³-hybridized carbons (Fsp3) is 0.176. The molecule has 0 aliphatic heterocycles. The standard InChI is InChI=1S/C17H16N2O2S/c1-20-15-9-7-13(8-10-15)11-12-22-17-19-18-16(21-17)14-5-3-2-4-6-14/h2-10H,11-12H2,1H3. The zero-order chi connectivity index (χ0) is 15.2. The Morgan fingerprint density at radius 2 is 1.77 bits per heavy atom. The molecule has 1 aromatic heterocycles. The molecule has 0 radical (unpaired) electrons. The molecule has 0 saturated carbocycles. The maximum Gasteiger partial charge on any atom is 0.276 e. The van der Waals surface area contributed by atoms with Gasteiger partial charge in [-0.05, 0) is 36.2 Å². The van der Waals surface area contributed by atoms with Gasteiger partial charge in [0.05, 0.1) is 7.11 Å². The Bertz CT molecular complexity index is 711. The van der Waals surface area contributed by atoms with Gasteiger partial charge in [-0.25, -0.2) is 0 Å². The van der Waals surface area contributed by atoms with Crippen LogP contribution in [0.5, 0.6) is 5.75 Å². The Morgan fingerprint density at radius 1 is 1.00 bits per heavy atom. The van der Waals surface area contributed by atoms with Gasteiger partial charge in [-0.15, -0.1) is 10.2 Å². The molecule has 5 heteroatoms. The average Bonchev–Trinajstić information content (AvgIpc) is 3.05. The zero-order valence-electron chi connectivity index (χ0n) is 12.2. The van der Waals surface area contributed by atoms with E-state index in [0.29, 0.717) is 11.1 Å². The van der Waals surface area contributed by atoms with Gasteiger partial charge in [0, 0.05) is 11.3 Å². The summed E-state index contributed by atoms with van der Waals surface area (Å²) >= 11 is 1.57. The summed E-state index contributed by atoms with van der Waals surface area (Å²) in [6.45, 7) is 0. The summed E-state index contributed by atoms with van der Waals surface area (Å²) in [4.78, 5) is 0. The molecule has 0 fully saturated rings. The number of aryl methyl sites for hydroxylation is 1. The van der Waals surface area contributed by atoms with Crippen molar-refractivity contribution in [3.63, 3.8) is 0 Å². The SMILES string of the molecule is COc1ccc(CCSc2nnc(-c3ccccc3)o2)cc1. The van der Waals surface area contributed by atoms with E-state index in [1.165, 1.54) is 5.56 Å². The minimum absolute atomic E-state index is 0.563. The van der Waals surface area contributed by atoms with E-state index in [1.807, 2.05) is 42.5 Å². The summed E-state index contributed by atoms with van der Waals surface area (Å²) < 4.78 is 10.8. The second-order valence-electron chi connectivity index (χ2n) is 4.69. The third-order valence-electron chi connectivity index (χ3n) is 3.20. The number of benzene rings is 2. The minimum atomic E-state index is 0.563. The van der Waals surface area contributed by atoms with E-state index >= 15 is 0 Å². The zero-order valence-corrected chi connectivity index (χ0v) is 13.0. The fourth-order valence-electron chi connectivity index (χ4n) is 2.01. The number of nitrogens with zero attached hydrogens (tertiary/aromatic N) is 2. The number of hydrogen-bond acceptors (Lipinski definition) is 5. The molecule has 0 aliphatic carbocycles. The molecule has 3 aromatic rings. The van der Waals surface area contributed by atoms with Crippen molar-refractivity contribution in [3.8, 4) is 17.2 Å². The first kappa shape index (κ1) is 14.7. The summed E-state index contributed by atoms with van der Waals surface area (Å²) in [5.74, 6) is 2.33. The van der Waals surface area contributed by atoms with Gasteiger partial charge in [0.25, 0.3) is 5.22 Å². The Labute approximate surface area is 133 Å². The van der Waals surface area contributed by atoms with Gasteiger partial charge in [0.15, 0.2) is 0 Å². The molecule has 0 N–H and O–H groups in total. The lowest BCUT2D eigenvalue weighted by Gasteiger charge is -2.02. The van der Waals surface area contributed by atoms with Crippen LogP contribution in [0.15, 0.2) is 64.2 Å². The van der Waals surface area contributed by atoms with Gasteiger partial charge in [-0.1, -0.05) is 42.1 Å². The average molecular weight is 312 g/mol. The predicted octanol–water partition coefficient (Wildman–Crippen LogP) is 4.08. The Hall–Kier alpha value is -2.27. The molecular weight excluding hydrogens is 296 g/mol. The molecule has 0 spiro atoms. The second-order valence-corrected chi connectivity index (χ2v) is 5.73. The second kappa shape index (κ2) is 7.13. The lowest BCUT2D eigenvalue weighted by molar-refractivity contribution is 0.414. The molecule has 0 saturated heterocycles. The van der Waals surface area contributed by atoms with E-state index in [2.05, 4.69) is 22.3 Å². The predicted molar refractivity (Wildman–Crippen MR) is 87.2 cm³/mol. The molecule has 3 rings (SSSR count). The van der Waals surface area contributed by atoms with E-state index in [0.717, 1.165) is 23.5 Å². The van der Waals surface area contributed by atoms with Crippen LogP contribution < -0.4 is 4.74 Å². The fourth-order valence-corrected chi connectivity index (χ4v) is 2.76. The van der Waals surface area contributed by atoms with Crippen LogP contribution in [0.25, 0.3) is 11.5 Å². The van der Waals surface area contributed by atoms with Crippen molar-refractivity contribution < 1.29 is 9.15 Å². The lowest BCUT2D eigenvalue weighted by Crippen LogP contribution is -1.89. The minimum Gasteiger partial charge on any atom is -0.497 e. The van der Waals surface area contributed by atoms with Gasteiger partial charge in [0.1, 0.15) is 5.75 Å². The first-order valence-corrected chi connectivity index (χ1v) is 7.98. The molecule has 0 atom stereocenters. The first-order chi connectivity index (χ1) is 10.8. The van der Waals surface area contributed by atoms with E-state index < -0.39 is 0 Å². The monoisotopic (exact) mass is 312 g/mol. The number of thioether (sulfide) groups is 1. The number of ether oxygens (including phenoxy) is 1. The summed E-state index contributed by atoms with van der Waals surface area (Å²) in [5, 5.41) is 8.76. The highest BCUT2D eigenvalue weighted by Gasteiger charge is 2.08. The van der Waals surface area contributed by atoms with Crippen LogP contribution in [0, 0.1) is 0 Å². The smallest absolute Gasteiger partial charge is 0.276 e. The van der Waals surface area contributed by atoms with Crippen LogP contribution >= 0.6 is 11.8 Å². The summed E-state index contributed by atoms with van der Waals surface area (Å²) in [6, 6.07) is 17.9. The quantitative estimate of drug-likeness (QED) is 0.642. The third kappa shape index (κ3) is 3.68. The van der Waals surface area contributed by atoms with Gasteiger partial charge in [0.2, 0.25) is 5.89 Å². The van der Waals surface area contributed by atoms with Crippen LogP contribution in [-0.2, 0) is 6.42 Å². The first-order valence-electron chi connectivity index (χ1n) is 7.00. The van der Waals surface area contributed by atoms with Crippen molar-refractivity contribution in [1.29, 1.82) is 0 Å². The molecule has 0 amide bonds. The van der Waals surface area contributed by atoms with E-state index in [-0.39, 0.29) is 0 Å². The van der Waals surface area contributed by atoms with Gasteiger partial charge in [-0.2, -0.15) is 0 Å². The molecule has 0 bridgehead atoms. The molecule has 0 unspecified atom stereocenters. The van der Waals surface area contributed by atoms with Crippen LogP contribution in [0.4, 0.5) is 0 Å². The molecule has 2 aromatic carbocycles. The number of rotatable bonds is 6. The lowest BCUT2D eigenvalue weighted by atomic mass is 10.2. The van der Waals surface area contributed by atoms with E-state index in [4.69, 9.17) is 9.15 Å². The maximum atomic E-state index is 5.66. The highest BCUT2D eigenvalue weighted by atomic mass is 32.2. The molecule has 4 nitrogen and oxygen atoms in total. The molecule has 112 valence electrons. The summed E-state index contributed by atoms with van der Waals surface area (Å²) in [7, 11) is 1.67. The van der Waals surface area contributed by atoms with Gasteiger partial charge >= 0.3 is 0 Å². The van der Waals surface area contributed by atoms with E-state index in [1.54, 1.807) is 18.9 Å². The molecule has 1 heterocycles.